The molecule has 4 heteroatoms. The maximum atomic E-state index is 5.58. The lowest BCUT2D eigenvalue weighted by molar-refractivity contribution is 0.378. The van der Waals surface area contributed by atoms with Crippen LogP contribution in [0.15, 0.2) is 47.9 Å². The first-order valence-electron chi connectivity index (χ1n) is 25.9. The van der Waals surface area contributed by atoms with Crippen LogP contribution >= 0.6 is 0 Å². The Morgan fingerprint density at radius 2 is 0.737 bits per heavy atom. The number of nitrogens with zero attached hydrogens (tertiary/aromatic N) is 2. The Balaban J connectivity index is 1.29. The largest absolute Gasteiger partial charge is 0.373 e. The Hall–Kier alpha value is -1.52. The van der Waals surface area contributed by atoms with Gasteiger partial charge in [0.2, 0.25) is 0 Å². The van der Waals surface area contributed by atoms with Crippen LogP contribution in [0.2, 0.25) is 0 Å². The molecule has 0 aromatic carbocycles. The first-order chi connectivity index (χ1) is 28.3. The number of nitrogens with two attached hydrogens (primary N) is 2. The molecule has 0 unspecified atom stereocenters. The average Bonchev–Trinajstić information content (AvgIpc) is 3.23. The van der Waals surface area contributed by atoms with Gasteiger partial charge in [-0.2, -0.15) is 0 Å². The number of allylic oxidation sites excluding steroid dienone is 4. The summed E-state index contributed by atoms with van der Waals surface area (Å²) < 4.78 is 0. The molecule has 4 N–H and O–H groups in total. The number of hydrogen-bond donors (Lipinski definition) is 2. The molecule has 0 saturated carbocycles. The lowest BCUT2D eigenvalue weighted by Crippen LogP contribution is -2.23. The Morgan fingerprint density at radius 3 is 1.16 bits per heavy atom. The standard InChI is InChI=1S/C53H100N4/c54-44-34-28-22-16-10-4-1-2-6-12-18-24-30-36-46-56-48-38-42-52(50-56)40-32-26-20-14-8-9-15-21-27-33-41-53-43-39-49-57(51-53)47-37-31-25-19-13-7-3-5-11-17-23-29-35-45-55/h38-39,42-43,48,51H,1-37,40-41,44-47,49-50,54-55H2. The molecule has 0 fully saturated rings. The van der Waals surface area contributed by atoms with E-state index >= 15 is 0 Å². The minimum Gasteiger partial charge on any atom is -0.373 e. The molecular weight excluding hydrogens is 693 g/mol. The van der Waals surface area contributed by atoms with Crippen LogP contribution < -0.4 is 11.5 Å². The predicted molar refractivity (Wildman–Crippen MR) is 256 cm³/mol. The number of unbranched alkanes of at least 4 members (excludes halogenated alkanes) is 34. The van der Waals surface area contributed by atoms with E-state index in [1.807, 2.05) is 0 Å². The highest BCUT2D eigenvalue weighted by Crippen LogP contribution is 2.21. The van der Waals surface area contributed by atoms with Gasteiger partial charge in [-0.3, -0.25) is 0 Å². The molecule has 4 nitrogen and oxygen atoms in total. The van der Waals surface area contributed by atoms with Gasteiger partial charge in [0, 0.05) is 32.4 Å². The summed E-state index contributed by atoms with van der Waals surface area (Å²) in [6.45, 7) is 6.50. The smallest absolute Gasteiger partial charge is 0.0386 e. The van der Waals surface area contributed by atoms with E-state index in [2.05, 4.69) is 46.5 Å². The Kier molecular flexibility index (Phi) is 37.3. The first-order valence-corrected chi connectivity index (χ1v) is 25.9. The maximum Gasteiger partial charge on any atom is 0.0386 e. The molecule has 2 aliphatic heterocycles. The summed E-state index contributed by atoms with van der Waals surface area (Å²) in [6.07, 6.45) is 68.8. The van der Waals surface area contributed by atoms with Crippen LogP contribution in [-0.4, -0.2) is 49.1 Å². The molecular formula is C53H100N4. The van der Waals surface area contributed by atoms with Crippen molar-refractivity contribution >= 4 is 0 Å². The van der Waals surface area contributed by atoms with Gasteiger partial charge in [0.1, 0.15) is 0 Å². The van der Waals surface area contributed by atoms with Gasteiger partial charge in [-0.1, -0.05) is 223 Å². The molecule has 2 heterocycles. The SMILES string of the molecule is NCCCCCCCCCCCCCCCCN1C=CC=C(CCCCCCCCCCCCC2=CN(CCCCCCCCCCCCCCCN)CC=C2)C1. The lowest BCUT2D eigenvalue weighted by atomic mass is 10.0. The summed E-state index contributed by atoms with van der Waals surface area (Å²) in [5.41, 5.74) is 14.4. The van der Waals surface area contributed by atoms with E-state index in [0.29, 0.717) is 0 Å². The van der Waals surface area contributed by atoms with Gasteiger partial charge in [-0.25, -0.2) is 0 Å². The van der Waals surface area contributed by atoms with Gasteiger partial charge in [0.15, 0.2) is 0 Å². The summed E-state index contributed by atoms with van der Waals surface area (Å²) >= 11 is 0. The molecule has 0 amide bonds. The summed E-state index contributed by atoms with van der Waals surface area (Å²) in [4.78, 5) is 5.14. The van der Waals surface area contributed by atoms with Crippen LogP contribution in [0, 0.1) is 0 Å². The third kappa shape index (κ3) is 34.0. The summed E-state index contributed by atoms with van der Waals surface area (Å²) in [6, 6.07) is 0. The zero-order chi connectivity index (χ0) is 40.4. The molecule has 0 aromatic rings. The van der Waals surface area contributed by atoms with Gasteiger partial charge < -0.3 is 21.3 Å². The second kappa shape index (κ2) is 41.2. The van der Waals surface area contributed by atoms with Crippen molar-refractivity contribution in [2.45, 2.75) is 250 Å². The van der Waals surface area contributed by atoms with Crippen molar-refractivity contribution in [2.75, 3.05) is 39.3 Å². The van der Waals surface area contributed by atoms with E-state index in [9.17, 15) is 0 Å². The van der Waals surface area contributed by atoms with Crippen molar-refractivity contribution in [3.8, 4) is 0 Å². The summed E-state index contributed by atoms with van der Waals surface area (Å²) in [5.74, 6) is 0. The summed E-state index contributed by atoms with van der Waals surface area (Å²) in [7, 11) is 0. The van der Waals surface area contributed by atoms with Gasteiger partial charge in [-0.05, 0) is 82.3 Å². The quantitative estimate of drug-likeness (QED) is 0.0603. The fraction of sp³-hybridized carbons (Fsp3) is 0.849. The van der Waals surface area contributed by atoms with Crippen LogP contribution in [0.25, 0.3) is 0 Å². The zero-order valence-corrected chi connectivity index (χ0v) is 38.3. The van der Waals surface area contributed by atoms with E-state index in [1.54, 1.807) is 11.1 Å². The van der Waals surface area contributed by atoms with E-state index < -0.39 is 0 Å². The third-order valence-electron chi connectivity index (χ3n) is 12.8. The molecule has 2 aliphatic rings. The van der Waals surface area contributed by atoms with Gasteiger partial charge in [0.25, 0.3) is 0 Å². The third-order valence-corrected chi connectivity index (χ3v) is 12.8. The fourth-order valence-electron chi connectivity index (χ4n) is 9.04. The van der Waals surface area contributed by atoms with E-state index in [1.165, 1.54) is 270 Å². The topological polar surface area (TPSA) is 58.5 Å². The minimum absolute atomic E-state index is 0.865. The van der Waals surface area contributed by atoms with Crippen molar-refractivity contribution < 1.29 is 0 Å². The maximum absolute atomic E-state index is 5.58. The number of hydrogen-bond acceptors (Lipinski definition) is 4. The first kappa shape index (κ1) is 51.6. The molecule has 0 radical (unpaired) electrons. The van der Waals surface area contributed by atoms with E-state index in [-0.39, 0.29) is 0 Å². The summed E-state index contributed by atoms with van der Waals surface area (Å²) in [5, 5.41) is 0. The van der Waals surface area contributed by atoms with E-state index in [4.69, 9.17) is 11.5 Å². The van der Waals surface area contributed by atoms with Crippen LogP contribution in [0.4, 0.5) is 0 Å². The van der Waals surface area contributed by atoms with Crippen LogP contribution in [0.1, 0.15) is 250 Å². The predicted octanol–water partition coefficient (Wildman–Crippen LogP) is 15.6. The second-order valence-electron chi connectivity index (χ2n) is 18.4. The van der Waals surface area contributed by atoms with Crippen LogP contribution in [0.5, 0.6) is 0 Å². The Bertz CT molecular complexity index is 966. The van der Waals surface area contributed by atoms with E-state index in [0.717, 1.165) is 19.6 Å². The highest BCUT2D eigenvalue weighted by molar-refractivity contribution is 5.22. The van der Waals surface area contributed by atoms with Crippen LogP contribution in [-0.2, 0) is 0 Å². The van der Waals surface area contributed by atoms with Gasteiger partial charge in [0.05, 0.1) is 0 Å². The Labute approximate surface area is 357 Å². The van der Waals surface area contributed by atoms with Gasteiger partial charge >= 0.3 is 0 Å². The minimum atomic E-state index is 0.865. The molecule has 0 aromatic heterocycles. The zero-order valence-electron chi connectivity index (χ0n) is 38.3. The Morgan fingerprint density at radius 1 is 0.386 bits per heavy atom. The normalized spacial score (nSPS) is 14.2. The second-order valence-corrected chi connectivity index (χ2v) is 18.4. The fourth-order valence-corrected chi connectivity index (χ4v) is 9.04. The molecule has 57 heavy (non-hydrogen) atoms. The molecule has 0 saturated heterocycles. The number of rotatable bonds is 44. The van der Waals surface area contributed by atoms with Crippen molar-refractivity contribution in [1.82, 2.24) is 9.80 Å². The monoisotopic (exact) mass is 793 g/mol. The average molecular weight is 793 g/mol. The van der Waals surface area contributed by atoms with Gasteiger partial charge in [-0.15, -0.1) is 0 Å². The van der Waals surface area contributed by atoms with Crippen molar-refractivity contribution in [1.29, 1.82) is 0 Å². The molecule has 0 spiro atoms. The van der Waals surface area contributed by atoms with Crippen molar-refractivity contribution in [3.05, 3.63) is 47.9 Å². The molecule has 2 rings (SSSR count). The molecule has 332 valence electrons. The molecule has 0 bridgehead atoms. The highest BCUT2D eigenvalue weighted by Gasteiger charge is 2.08. The highest BCUT2D eigenvalue weighted by atomic mass is 15.1. The van der Waals surface area contributed by atoms with Crippen molar-refractivity contribution in [3.63, 3.8) is 0 Å². The lowest BCUT2D eigenvalue weighted by Gasteiger charge is -2.25. The van der Waals surface area contributed by atoms with Crippen LogP contribution in [0.3, 0.4) is 0 Å². The molecule has 0 atom stereocenters. The molecule has 0 aliphatic carbocycles. The van der Waals surface area contributed by atoms with Crippen molar-refractivity contribution in [2.24, 2.45) is 11.5 Å².